The minimum absolute atomic E-state index is 0.120. The third kappa shape index (κ3) is 3.96. The highest BCUT2D eigenvalue weighted by Gasteiger charge is 2.14. The predicted molar refractivity (Wildman–Crippen MR) is 87.4 cm³/mol. The molecule has 0 aliphatic heterocycles. The molecule has 2 rings (SSSR count). The molecular weight excluding hydrogens is 287 g/mol. The maximum Gasteiger partial charge on any atom is 0.125 e. The van der Waals surface area contributed by atoms with Gasteiger partial charge in [0.25, 0.3) is 0 Å². The van der Waals surface area contributed by atoms with E-state index in [1.807, 2.05) is 42.3 Å². The van der Waals surface area contributed by atoms with Gasteiger partial charge in [-0.25, -0.2) is 4.39 Å². The quantitative estimate of drug-likeness (QED) is 0.898. The van der Waals surface area contributed by atoms with Crippen molar-refractivity contribution in [1.29, 1.82) is 0 Å². The highest BCUT2D eigenvalue weighted by molar-refractivity contribution is 6.30. The summed E-state index contributed by atoms with van der Waals surface area (Å²) in [5, 5.41) is 0.713. The number of nitrogens with zero attached hydrogens (tertiary/aromatic N) is 1. The summed E-state index contributed by atoms with van der Waals surface area (Å²) < 4.78 is 13.7. The van der Waals surface area contributed by atoms with Gasteiger partial charge < -0.3 is 10.6 Å². The molecule has 0 fully saturated rings. The Bertz CT molecular complexity index is 598. The zero-order valence-corrected chi connectivity index (χ0v) is 13.1. The smallest absolute Gasteiger partial charge is 0.125 e. The molecule has 0 aliphatic rings. The fourth-order valence-corrected chi connectivity index (χ4v) is 2.46. The van der Waals surface area contributed by atoms with Crippen LogP contribution in [0.3, 0.4) is 0 Å². The Kier molecular flexibility index (Phi) is 5.21. The van der Waals surface area contributed by atoms with Crippen molar-refractivity contribution in [3.05, 3.63) is 64.4 Å². The first-order valence-corrected chi connectivity index (χ1v) is 7.37. The summed E-state index contributed by atoms with van der Waals surface area (Å²) in [5.41, 5.74) is 8.45. The average molecular weight is 307 g/mol. The molecule has 2 aromatic carbocycles. The molecule has 0 heterocycles. The Morgan fingerprint density at radius 1 is 1.19 bits per heavy atom. The maximum absolute atomic E-state index is 13.7. The van der Waals surface area contributed by atoms with Crippen molar-refractivity contribution in [2.75, 3.05) is 18.5 Å². The van der Waals surface area contributed by atoms with Crippen LogP contribution in [0.15, 0.2) is 42.5 Å². The molecule has 0 aromatic heterocycles. The summed E-state index contributed by atoms with van der Waals surface area (Å²) >= 11 is 5.91. The molecule has 0 spiro atoms. The van der Waals surface area contributed by atoms with Crippen LogP contribution in [-0.4, -0.2) is 13.6 Å². The third-order valence-corrected chi connectivity index (χ3v) is 3.97. The first kappa shape index (κ1) is 15.8. The van der Waals surface area contributed by atoms with Gasteiger partial charge in [0.05, 0.1) is 6.04 Å². The zero-order valence-electron chi connectivity index (χ0n) is 12.3. The molecule has 0 radical (unpaired) electrons. The number of hydrogen-bond acceptors (Lipinski definition) is 2. The lowest BCUT2D eigenvalue weighted by Crippen LogP contribution is -2.22. The van der Waals surface area contributed by atoms with E-state index in [2.05, 4.69) is 6.92 Å². The molecule has 4 heteroatoms. The SMILES string of the molecule is CC(c1ccc(Cl)cc1)N(C)c1cc(F)cc(CCN)c1. The normalized spacial score (nSPS) is 12.2. The van der Waals surface area contributed by atoms with E-state index in [9.17, 15) is 4.39 Å². The first-order chi connectivity index (χ1) is 10.0. The van der Waals surface area contributed by atoms with Crippen LogP contribution in [0, 0.1) is 5.82 Å². The number of benzene rings is 2. The molecular formula is C17H20ClFN2. The highest BCUT2D eigenvalue weighted by Crippen LogP contribution is 2.27. The molecule has 2 nitrogen and oxygen atoms in total. The lowest BCUT2D eigenvalue weighted by atomic mass is 10.1. The van der Waals surface area contributed by atoms with E-state index in [-0.39, 0.29) is 11.9 Å². The first-order valence-electron chi connectivity index (χ1n) is 6.99. The van der Waals surface area contributed by atoms with E-state index in [0.29, 0.717) is 18.0 Å². The molecule has 0 bridgehead atoms. The van der Waals surface area contributed by atoms with Gasteiger partial charge in [-0.1, -0.05) is 23.7 Å². The molecule has 0 amide bonds. The Morgan fingerprint density at radius 3 is 2.48 bits per heavy atom. The van der Waals surface area contributed by atoms with Crippen LogP contribution in [0.5, 0.6) is 0 Å². The monoisotopic (exact) mass is 306 g/mol. The van der Waals surface area contributed by atoms with Crippen molar-refractivity contribution in [2.24, 2.45) is 5.73 Å². The van der Waals surface area contributed by atoms with Crippen molar-refractivity contribution < 1.29 is 4.39 Å². The topological polar surface area (TPSA) is 29.3 Å². The van der Waals surface area contributed by atoms with E-state index >= 15 is 0 Å². The van der Waals surface area contributed by atoms with Crippen molar-refractivity contribution >= 4 is 17.3 Å². The number of nitrogens with two attached hydrogens (primary N) is 1. The molecule has 0 saturated carbocycles. The van der Waals surface area contributed by atoms with Crippen molar-refractivity contribution in [1.82, 2.24) is 0 Å². The second-order valence-corrected chi connectivity index (χ2v) is 5.63. The number of halogens is 2. The van der Waals surface area contributed by atoms with Crippen LogP contribution in [0.25, 0.3) is 0 Å². The summed E-state index contributed by atoms with van der Waals surface area (Å²) in [6.45, 7) is 2.59. The minimum Gasteiger partial charge on any atom is -0.368 e. The fraction of sp³-hybridized carbons (Fsp3) is 0.294. The van der Waals surface area contributed by atoms with Gasteiger partial charge in [0.1, 0.15) is 5.82 Å². The molecule has 1 unspecified atom stereocenters. The number of rotatable bonds is 5. The summed E-state index contributed by atoms with van der Waals surface area (Å²) in [6, 6.07) is 12.9. The fourth-order valence-electron chi connectivity index (χ4n) is 2.34. The van der Waals surface area contributed by atoms with Gasteiger partial charge in [0.15, 0.2) is 0 Å². The van der Waals surface area contributed by atoms with E-state index in [1.54, 1.807) is 6.07 Å². The van der Waals surface area contributed by atoms with Crippen LogP contribution < -0.4 is 10.6 Å². The lowest BCUT2D eigenvalue weighted by Gasteiger charge is -2.28. The van der Waals surface area contributed by atoms with E-state index in [4.69, 9.17) is 17.3 Å². The molecule has 0 saturated heterocycles. The van der Waals surface area contributed by atoms with E-state index < -0.39 is 0 Å². The number of anilines is 1. The van der Waals surface area contributed by atoms with Gasteiger partial charge in [-0.15, -0.1) is 0 Å². The Morgan fingerprint density at radius 2 is 1.86 bits per heavy atom. The Balaban J connectivity index is 2.26. The second-order valence-electron chi connectivity index (χ2n) is 5.19. The lowest BCUT2D eigenvalue weighted by molar-refractivity contribution is 0.622. The minimum atomic E-state index is -0.230. The maximum atomic E-state index is 13.7. The van der Waals surface area contributed by atoms with Crippen LogP contribution >= 0.6 is 11.6 Å². The molecule has 112 valence electrons. The highest BCUT2D eigenvalue weighted by atomic mass is 35.5. The van der Waals surface area contributed by atoms with Crippen LogP contribution in [-0.2, 0) is 6.42 Å². The molecule has 21 heavy (non-hydrogen) atoms. The van der Waals surface area contributed by atoms with Crippen LogP contribution in [0.1, 0.15) is 24.1 Å². The van der Waals surface area contributed by atoms with Crippen LogP contribution in [0.2, 0.25) is 5.02 Å². The van der Waals surface area contributed by atoms with E-state index in [1.165, 1.54) is 6.07 Å². The standard InChI is InChI=1S/C17H20ClFN2/c1-12(14-3-5-15(18)6-4-14)21(2)17-10-13(7-8-20)9-16(19)11-17/h3-6,9-12H,7-8,20H2,1-2H3. The van der Waals surface area contributed by atoms with Crippen molar-refractivity contribution in [3.63, 3.8) is 0 Å². The van der Waals surface area contributed by atoms with Gasteiger partial charge in [-0.2, -0.15) is 0 Å². The van der Waals surface area contributed by atoms with Gasteiger partial charge >= 0.3 is 0 Å². The summed E-state index contributed by atoms with van der Waals surface area (Å²) in [7, 11) is 1.96. The summed E-state index contributed by atoms with van der Waals surface area (Å²) in [6.07, 6.45) is 0.675. The van der Waals surface area contributed by atoms with Crippen molar-refractivity contribution in [2.45, 2.75) is 19.4 Å². The largest absolute Gasteiger partial charge is 0.368 e. The Labute approximate surface area is 130 Å². The molecule has 0 aliphatic carbocycles. The zero-order chi connectivity index (χ0) is 15.4. The van der Waals surface area contributed by atoms with Gasteiger partial charge in [-0.05, 0) is 61.3 Å². The third-order valence-electron chi connectivity index (χ3n) is 3.72. The number of hydrogen-bond donors (Lipinski definition) is 1. The Hall–Kier alpha value is -1.58. The summed E-state index contributed by atoms with van der Waals surface area (Å²) in [4.78, 5) is 2.05. The molecule has 2 N–H and O–H groups in total. The van der Waals surface area contributed by atoms with Gasteiger partial charge in [-0.3, -0.25) is 0 Å². The average Bonchev–Trinajstić information content (AvgIpc) is 2.46. The van der Waals surface area contributed by atoms with Gasteiger partial charge in [0, 0.05) is 17.8 Å². The summed E-state index contributed by atoms with van der Waals surface area (Å²) in [5.74, 6) is -0.230. The van der Waals surface area contributed by atoms with E-state index in [0.717, 1.165) is 16.8 Å². The van der Waals surface area contributed by atoms with Gasteiger partial charge in [0.2, 0.25) is 0 Å². The predicted octanol–water partition coefficient (Wildman–Crippen LogP) is 4.18. The molecule has 1 atom stereocenters. The molecule has 2 aromatic rings. The second kappa shape index (κ2) is 6.92. The van der Waals surface area contributed by atoms with Crippen LogP contribution in [0.4, 0.5) is 10.1 Å². The van der Waals surface area contributed by atoms with Crippen molar-refractivity contribution in [3.8, 4) is 0 Å².